The van der Waals surface area contributed by atoms with Gasteiger partial charge in [0, 0.05) is 11.8 Å². The fourth-order valence-corrected chi connectivity index (χ4v) is 2.03. The van der Waals surface area contributed by atoms with Crippen LogP contribution in [0.15, 0.2) is 42.5 Å². The van der Waals surface area contributed by atoms with Crippen molar-refractivity contribution in [3.8, 4) is 22.8 Å². The second-order valence-electron chi connectivity index (χ2n) is 4.33. The highest BCUT2D eigenvalue weighted by atomic mass is 19.1. The van der Waals surface area contributed by atoms with E-state index >= 15 is 0 Å². The Balaban J connectivity index is 2.18. The molecule has 7 heteroatoms. The van der Waals surface area contributed by atoms with Gasteiger partial charge in [-0.2, -0.15) is 4.68 Å². The maximum Gasteiger partial charge on any atom is 0.190 e. The predicted molar refractivity (Wildman–Crippen MR) is 75.5 cm³/mol. The van der Waals surface area contributed by atoms with E-state index in [-0.39, 0.29) is 5.69 Å². The minimum Gasteiger partial charge on any atom is -0.496 e. The van der Waals surface area contributed by atoms with Gasteiger partial charge < -0.3 is 10.5 Å². The lowest BCUT2D eigenvalue weighted by Gasteiger charge is -2.10. The molecular weight excluding hydrogens is 273 g/mol. The van der Waals surface area contributed by atoms with Crippen LogP contribution in [0.25, 0.3) is 17.1 Å². The Morgan fingerprint density at radius 2 is 2.00 bits per heavy atom. The number of para-hydroxylation sites is 1. The zero-order valence-corrected chi connectivity index (χ0v) is 11.2. The molecule has 0 aliphatic rings. The summed E-state index contributed by atoms with van der Waals surface area (Å²) in [4.78, 5) is 0. The van der Waals surface area contributed by atoms with Crippen molar-refractivity contribution in [2.45, 2.75) is 0 Å². The molecule has 0 saturated heterocycles. The first-order valence-corrected chi connectivity index (χ1v) is 6.18. The topological polar surface area (TPSA) is 78.8 Å². The van der Waals surface area contributed by atoms with Gasteiger partial charge in [0.1, 0.15) is 17.3 Å². The average Bonchev–Trinajstić information content (AvgIpc) is 2.96. The van der Waals surface area contributed by atoms with E-state index in [2.05, 4.69) is 15.5 Å². The SMILES string of the molecule is COc1cc(N)ccc1-c1nnnn1-c1ccccc1F. The van der Waals surface area contributed by atoms with Gasteiger partial charge in [-0.05, 0) is 34.7 Å². The lowest BCUT2D eigenvalue weighted by atomic mass is 10.1. The summed E-state index contributed by atoms with van der Waals surface area (Å²) in [5.41, 5.74) is 7.17. The first kappa shape index (κ1) is 13.0. The summed E-state index contributed by atoms with van der Waals surface area (Å²) >= 11 is 0. The minimum absolute atomic E-state index is 0.261. The van der Waals surface area contributed by atoms with Crippen LogP contribution in [0.1, 0.15) is 0 Å². The van der Waals surface area contributed by atoms with Crippen LogP contribution in [0, 0.1) is 5.82 Å². The number of methoxy groups -OCH3 is 1. The predicted octanol–water partition coefficient (Wildman–Crippen LogP) is 2.06. The molecule has 0 aliphatic heterocycles. The zero-order chi connectivity index (χ0) is 14.8. The number of hydrogen-bond acceptors (Lipinski definition) is 5. The smallest absolute Gasteiger partial charge is 0.190 e. The number of nitrogen functional groups attached to an aromatic ring is 1. The maximum absolute atomic E-state index is 13.9. The number of anilines is 1. The number of ether oxygens (including phenoxy) is 1. The van der Waals surface area contributed by atoms with Crippen molar-refractivity contribution in [3.05, 3.63) is 48.3 Å². The maximum atomic E-state index is 13.9. The van der Waals surface area contributed by atoms with E-state index in [0.29, 0.717) is 22.8 Å². The number of rotatable bonds is 3. The highest BCUT2D eigenvalue weighted by molar-refractivity contribution is 5.69. The molecule has 3 rings (SSSR count). The van der Waals surface area contributed by atoms with Gasteiger partial charge in [0.2, 0.25) is 0 Å². The van der Waals surface area contributed by atoms with E-state index in [4.69, 9.17) is 10.5 Å². The molecular formula is C14H12FN5O. The van der Waals surface area contributed by atoms with Gasteiger partial charge in [0.05, 0.1) is 12.7 Å². The van der Waals surface area contributed by atoms with Gasteiger partial charge in [-0.1, -0.05) is 12.1 Å². The molecule has 1 heterocycles. The van der Waals surface area contributed by atoms with E-state index in [9.17, 15) is 4.39 Å². The molecule has 0 amide bonds. The molecule has 0 atom stereocenters. The Morgan fingerprint density at radius 3 is 2.76 bits per heavy atom. The van der Waals surface area contributed by atoms with Crippen LogP contribution in [0.4, 0.5) is 10.1 Å². The molecule has 2 aromatic carbocycles. The summed E-state index contributed by atoms with van der Waals surface area (Å²) in [6.45, 7) is 0. The number of nitrogens with two attached hydrogens (primary N) is 1. The molecule has 0 unspecified atom stereocenters. The van der Waals surface area contributed by atoms with Crippen LogP contribution < -0.4 is 10.5 Å². The second-order valence-corrected chi connectivity index (χ2v) is 4.33. The van der Waals surface area contributed by atoms with Gasteiger partial charge in [-0.25, -0.2) is 4.39 Å². The highest BCUT2D eigenvalue weighted by Gasteiger charge is 2.17. The summed E-state index contributed by atoms with van der Waals surface area (Å²) in [6.07, 6.45) is 0. The number of hydrogen-bond donors (Lipinski definition) is 1. The number of aromatic nitrogens is 4. The van der Waals surface area contributed by atoms with Crippen LogP contribution in [-0.4, -0.2) is 27.3 Å². The molecule has 21 heavy (non-hydrogen) atoms. The van der Waals surface area contributed by atoms with Gasteiger partial charge in [0.15, 0.2) is 5.82 Å². The molecule has 0 saturated carbocycles. The fourth-order valence-electron chi connectivity index (χ4n) is 2.03. The second kappa shape index (κ2) is 5.20. The van der Waals surface area contributed by atoms with Crippen molar-refractivity contribution in [2.24, 2.45) is 0 Å². The Hall–Kier alpha value is -2.96. The first-order chi connectivity index (χ1) is 10.2. The normalized spacial score (nSPS) is 10.6. The van der Waals surface area contributed by atoms with Crippen molar-refractivity contribution in [1.82, 2.24) is 20.2 Å². The Labute approximate surface area is 120 Å². The third-order valence-corrected chi connectivity index (χ3v) is 3.02. The van der Waals surface area contributed by atoms with Gasteiger partial charge in [0.25, 0.3) is 0 Å². The van der Waals surface area contributed by atoms with E-state index in [0.717, 1.165) is 0 Å². The Kier molecular flexibility index (Phi) is 3.23. The summed E-state index contributed by atoms with van der Waals surface area (Å²) < 4.78 is 20.5. The summed E-state index contributed by atoms with van der Waals surface area (Å²) in [6, 6.07) is 11.4. The molecule has 3 aromatic rings. The summed E-state index contributed by atoms with van der Waals surface area (Å²) in [7, 11) is 1.52. The van der Waals surface area contributed by atoms with E-state index in [1.54, 1.807) is 36.4 Å². The van der Waals surface area contributed by atoms with Crippen LogP contribution >= 0.6 is 0 Å². The third-order valence-electron chi connectivity index (χ3n) is 3.02. The molecule has 0 spiro atoms. The molecule has 0 radical (unpaired) electrons. The molecule has 1 aromatic heterocycles. The fraction of sp³-hybridized carbons (Fsp3) is 0.0714. The average molecular weight is 285 g/mol. The Morgan fingerprint density at radius 1 is 1.19 bits per heavy atom. The molecule has 0 fully saturated rings. The van der Waals surface area contributed by atoms with Gasteiger partial charge in [-0.15, -0.1) is 5.10 Å². The van der Waals surface area contributed by atoms with Crippen molar-refractivity contribution in [2.75, 3.05) is 12.8 Å². The Bertz CT molecular complexity index is 787. The van der Waals surface area contributed by atoms with Crippen LogP contribution in [-0.2, 0) is 0 Å². The molecule has 2 N–H and O–H groups in total. The number of nitrogens with zero attached hydrogens (tertiary/aromatic N) is 4. The van der Waals surface area contributed by atoms with Crippen LogP contribution in [0.3, 0.4) is 0 Å². The third kappa shape index (κ3) is 2.29. The first-order valence-electron chi connectivity index (χ1n) is 6.18. The number of tetrazole rings is 1. The number of halogens is 1. The standard InChI is InChI=1S/C14H12FN5O/c1-21-13-8-9(16)6-7-10(13)14-17-18-19-20(14)12-5-3-2-4-11(12)15/h2-8H,16H2,1H3. The number of benzene rings is 2. The molecule has 0 bridgehead atoms. The van der Waals surface area contributed by atoms with Crippen molar-refractivity contribution in [1.29, 1.82) is 0 Å². The van der Waals surface area contributed by atoms with Crippen LogP contribution in [0.5, 0.6) is 5.75 Å². The highest BCUT2D eigenvalue weighted by Crippen LogP contribution is 2.31. The van der Waals surface area contributed by atoms with Crippen molar-refractivity contribution in [3.63, 3.8) is 0 Å². The van der Waals surface area contributed by atoms with E-state index in [1.807, 2.05) is 0 Å². The van der Waals surface area contributed by atoms with Crippen LogP contribution in [0.2, 0.25) is 0 Å². The quantitative estimate of drug-likeness (QED) is 0.745. The molecule has 106 valence electrons. The minimum atomic E-state index is -0.416. The summed E-state index contributed by atoms with van der Waals surface area (Å²) in [5, 5.41) is 11.4. The lowest BCUT2D eigenvalue weighted by molar-refractivity contribution is 0.416. The molecule has 0 aliphatic carbocycles. The van der Waals surface area contributed by atoms with E-state index in [1.165, 1.54) is 17.9 Å². The lowest BCUT2D eigenvalue weighted by Crippen LogP contribution is -2.03. The van der Waals surface area contributed by atoms with Gasteiger partial charge >= 0.3 is 0 Å². The zero-order valence-electron chi connectivity index (χ0n) is 11.2. The van der Waals surface area contributed by atoms with Crippen molar-refractivity contribution < 1.29 is 9.13 Å². The van der Waals surface area contributed by atoms with Gasteiger partial charge in [-0.3, -0.25) is 0 Å². The molecule has 6 nitrogen and oxygen atoms in total. The van der Waals surface area contributed by atoms with E-state index < -0.39 is 5.82 Å². The summed E-state index contributed by atoms with van der Waals surface area (Å²) in [5.74, 6) is 0.472. The van der Waals surface area contributed by atoms with Crippen molar-refractivity contribution >= 4 is 5.69 Å². The largest absolute Gasteiger partial charge is 0.496 e. The monoisotopic (exact) mass is 285 g/mol.